The van der Waals surface area contributed by atoms with Crippen LogP contribution < -0.4 is 15.5 Å². The first kappa shape index (κ1) is 18.8. The van der Waals surface area contributed by atoms with Crippen molar-refractivity contribution in [1.82, 2.24) is 35.2 Å². The Balaban J connectivity index is 1.28. The van der Waals surface area contributed by atoms with Crippen LogP contribution in [0.1, 0.15) is 30.9 Å². The fourth-order valence-electron chi connectivity index (χ4n) is 4.23. The van der Waals surface area contributed by atoms with E-state index in [1.807, 2.05) is 31.9 Å². The second kappa shape index (κ2) is 8.20. The normalized spacial score (nSPS) is 22.8. The third-order valence-electron chi connectivity index (χ3n) is 5.83. The molecule has 0 radical (unpaired) electrons. The Hall–Kier alpha value is -2.58. The average Bonchev–Trinajstić information content (AvgIpc) is 3.31. The van der Waals surface area contributed by atoms with Crippen molar-refractivity contribution in [1.29, 1.82) is 0 Å². The molecule has 2 unspecified atom stereocenters. The Morgan fingerprint density at radius 2 is 2.18 bits per heavy atom. The Morgan fingerprint density at radius 1 is 1.29 bits per heavy atom. The van der Waals surface area contributed by atoms with Crippen LogP contribution in [-0.4, -0.2) is 63.2 Å². The van der Waals surface area contributed by atoms with Crippen molar-refractivity contribution in [3.05, 3.63) is 24.0 Å². The van der Waals surface area contributed by atoms with Gasteiger partial charge in [0.05, 0.1) is 11.9 Å². The summed E-state index contributed by atoms with van der Waals surface area (Å²) in [6.45, 7) is 5.98. The van der Waals surface area contributed by atoms with Crippen molar-refractivity contribution in [2.45, 2.75) is 45.2 Å². The molecule has 4 rings (SSSR count). The largest absolute Gasteiger partial charge is 0.367 e. The summed E-state index contributed by atoms with van der Waals surface area (Å²) < 4.78 is 4.11. The standard InChI is InChI=1S/C19H31N9/c1-14-24-25-18-7-6-15(11-28(14)18)9-21-19(20-2)23-16-5-4-8-27(12-16)17-10-22-26(3)13-17/h10,13,15-16H,4-9,11-12H2,1-3H3,(H2,20,21,23). The predicted octanol–water partition coefficient (Wildman–Crippen LogP) is 0.716. The van der Waals surface area contributed by atoms with E-state index in [4.69, 9.17) is 0 Å². The van der Waals surface area contributed by atoms with Gasteiger partial charge in [-0.2, -0.15) is 5.10 Å². The quantitative estimate of drug-likeness (QED) is 0.596. The molecular weight excluding hydrogens is 354 g/mol. The van der Waals surface area contributed by atoms with Gasteiger partial charge in [-0.25, -0.2) is 0 Å². The van der Waals surface area contributed by atoms with Gasteiger partial charge < -0.3 is 20.1 Å². The molecule has 2 aromatic heterocycles. The summed E-state index contributed by atoms with van der Waals surface area (Å²) in [4.78, 5) is 6.85. The van der Waals surface area contributed by atoms with Crippen molar-refractivity contribution in [2.24, 2.45) is 18.0 Å². The zero-order valence-electron chi connectivity index (χ0n) is 17.1. The van der Waals surface area contributed by atoms with E-state index in [1.54, 1.807) is 0 Å². The molecule has 2 N–H and O–H groups in total. The number of rotatable bonds is 4. The Labute approximate surface area is 166 Å². The van der Waals surface area contributed by atoms with E-state index in [9.17, 15) is 0 Å². The maximum absolute atomic E-state index is 4.45. The summed E-state index contributed by atoms with van der Waals surface area (Å²) in [5.74, 6) is 3.59. The van der Waals surface area contributed by atoms with Crippen LogP contribution >= 0.6 is 0 Å². The third kappa shape index (κ3) is 4.13. The molecule has 1 fully saturated rings. The van der Waals surface area contributed by atoms with Crippen LogP contribution in [0.5, 0.6) is 0 Å². The van der Waals surface area contributed by atoms with E-state index in [1.165, 1.54) is 12.1 Å². The average molecular weight is 386 g/mol. The van der Waals surface area contributed by atoms with E-state index in [2.05, 4.69) is 46.6 Å². The molecule has 28 heavy (non-hydrogen) atoms. The van der Waals surface area contributed by atoms with E-state index < -0.39 is 0 Å². The highest BCUT2D eigenvalue weighted by molar-refractivity contribution is 5.80. The number of aliphatic imine (C=N–C) groups is 1. The van der Waals surface area contributed by atoms with E-state index in [0.29, 0.717) is 12.0 Å². The topological polar surface area (TPSA) is 88.2 Å². The Bertz CT molecular complexity index is 821. The van der Waals surface area contributed by atoms with Crippen LogP contribution in [-0.2, 0) is 20.0 Å². The molecule has 9 nitrogen and oxygen atoms in total. The van der Waals surface area contributed by atoms with Crippen LogP contribution in [0.2, 0.25) is 0 Å². The summed E-state index contributed by atoms with van der Waals surface area (Å²) in [5, 5.41) is 19.9. The van der Waals surface area contributed by atoms with Crippen LogP contribution in [0.15, 0.2) is 17.4 Å². The molecule has 2 aromatic rings. The maximum atomic E-state index is 4.45. The number of guanidine groups is 1. The molecule has 0 saturated carbocycles. The molecule has 2 aliphatic heterocycles. The first-order chi connectivity index (χ1) is 13.6. The lowest BCUT2D eigenvalue weighted by molar-refractivity contribution is 0.357. The van der Waals surface area contributed by atoms with Crippen LogP contribution in [0.25, 0.3) is 0 Å². The minimum atomic E-state index is 0.387. The van der Waals surface area contributed by atoms with Crippen molar-refractivity contribution in [2.75, 3.05) is 31.6 Å². The number of nitrogens with one attached hydrogen (secondary N) is 2. The second-order valence-corrected chi connectivity index (χ2v) is 7.93. The number of aromatic nitrogens is 5. The van der Waals surface area contributed by atoms with Crippen LogP contribution in [0.3, 0.4) is 0 Å². The van der Waals surface area contributed by atoms with Crippen molar-refractivity contribution in [3.63, 3.8) is 0 Å². The number of hydrogen-bond donors (Lipinski definition) is 2. The molecule has 0 amide bonds. The SMILES string of the molecule is CN=C(NCC1CCc2nnc(C)n2C1)NC1CCCN(c2cnn(C)c2)C1. The Morgan fingerprint density at radius 3 is 2.96 bits per heavy atom. The molecule has 0 spiro atoms. The summed E-state index contributed by atoms with van der Waals surface area (Å²) >= 11 is 0. The van der Waals surface area contributed by atoms with Crippen LogP contribution in [0, 0.1) is 12.8 Å². The first-order valence-electron chi connectivity index (χ1n) is 10.2. The van der Waals surface area contributed by atoms with E-state index >= 15 is 0 Å². The van der Waals surface area contributed by atoms with E-state index in [0.717, 1.165) is 63.0 Å². The molecular formula is C19H31N9. The van der Waals surface area contributed by atoms with E-state index in [-0.39, 0.29) is 0 Å². The van der Waals surface area contributed by atoms with Crippen molar-refractivity contribution in [3.8, 4) is 0 Å². The van der Waals surface area contributed by atoms with Gasteiger partial charge in [0.15, 0.2) is 5.96 Å². The second-order valence-electron chi connectivity index (χ2n) is 7.93. The lowest BCUT2D eigenvalue weighted by Crippen LogP contribution is -2.52. The Kier molecular flexibility index (Phi) is 5.50. The van der Waals surface area contributed by atoms with Gasteiger partial charge in [-0.1, -0.05) is 0 Å². The van der Waals surface area contributed by atoms with Crippen molar-refractivity contribution < 1.29 is 0 Å². The summed E-state index contributed by atoms with van der Waals surface area (Å²) in [5.41, 5.74) is 1.19. The van der Waals surface area contributed by atoms with Gasteiger partial charge >= 0.3 is 0 Å². The zero-order chi connectivity index (χ0) is 19.5. The number of nitrogens with zero attached hydrogens (tertiary/aromatic N) is 7. The maximum Gasteiger partial charge on any atom is 0.191 e. The fraction of sp³-hybridized carbons (Fsp3) is 0.684. The molecule has 0 aliphatic carbocycles. The van der Waals surface area contributed by atoms with Gasteiger partial charge in [0.1, 0.15) is 11.6 Å². The minimum absolute atomic E-state index is 0.387. The summed E-state index contributed by atoms with van der Waals surface area (Å²) in [6, 6.07) is 0.387. The predicted molar refractivity (Wildman–Crippen MR) is 110 cm³/mol. The molecule has 0 bridgehead atoms. The van der Waals surface area contributed by atoms with Gasteiger partial charge in [-0.15, -0.1) is 10.2 Å². The third-order valence-corrected chi connectivity index (χ3v) is 5.83. The number of hydrogen-bond acceptors (Lipinski definition) is 5. The number of aryl methyl sites for hydroxylation is 3. The zero-order valence-corrected chi connectivity index (χ0v) is 17.1. The van der Waals surface area contributed by atoms with Gasteiger partial charge in [0.25, 0.3) is 0 Å². The molecule has 2 atom stereocenters. The van der Waals surface area contributed by atoms with Crippen LogP contribution in [0.4, 0.5) is 5.69 Å². The molecule has 152 valence electrons. The summed E-state index contributed by atoms with van der Waals surface area (Å²) in [7, 11) is 3.81. The summed E-state index contributed by atoms with van der Waals surface area (Å²) in [6.07, 6.45) is 8.49. The molecule has 9 heteroatoms. The number of fused-ring (bicyclic) bond motifs is 1. The monoisotopic (exact) mass is 385 g/mol. The lowest BCUT2D eigenvalue weighted by Gasteiger charge is -2.34. The fourth-order valence-corrected chi connectivity index (χ4v) is 4.23. The van der Waals surface area contributed by atoms with Gasteiger partial charge in [0.2, 0.25) is 0 Å². The number of anilines is 1. The highest BCUT2D eigenvalue weighted by atomic mass is 15.3. The molecule has 0 aromatic carbocycles. The minimum Gasteiger partial charge on any atom is -0.367 e. The highest BCUT2D eigenvalue weighted by Crippen LogP contribution is 2.20. The first-order valence-corrected chi connectivity index (χ1v) is 10.2. The van der Waals surface area contributed by atoms with Gasteiger partial charge in [0, 0.05) is 58.9 Å². The lowest BCUT2D eigenvalue weighted by atomic mass is 9.99. The molecule has 4 heterocycles. The molecule has 1 saturated heterocycles. The van der Waals surface area contributed by atoms with Gasteiger partial charge in [-0.3, -0.25) is 9.67 Å². The van der Waals surface area contributed by atoms with Gasteiger partial charge in [-0.05, 0) is 32.1 Å². The smallest absolute Gasteiger partial charge is 0.191 e. The van der Waals surface area contributed by atoms with Crippen molar-refractivity contribution >= 4 is 11.6 Å². The highest BCUT2D eigenvalue weighted by Gasteiger charge is 2.24. The number of piperidine rings is 1. The molecule has 2 aliphatic rings.